The van der Waals surface area contributed by atoms with Gasteiger partial charge in [0.2, 0.25) is 0 Å². The normalized spacial score (nSPS) is 29.6. The molecule has 0 aromatic carbocycles. The minimum atomic E-state index is -0.0500. The van der Waals surface area contributed by atoms with Gasteiger partial charge in [0.05, 0.1) is 13.0 Å². The minimum absolute atomic E-state index is 0.0405. The van der Waals surface area contributed by atoms with Crippen LogP contribution in [0, 0.1) is 11.8 Å². The Hall–Kier alpha value is -0.610. The van der Waals surface area contributed by atoms with Crippen LogP contribution in [0.25, 0.3) is 0 Å². The third kappa shape index (κ3) is 3.95. The summed E-state index contributed by atoms with van der Waals surface area (Å²) in [4.78, 5) is 14.2. The molecule has 0 aromatic heterocycles. The Bertz CT molecular complexity index is 278. The highest BCUT2D eigenvalue weighted by molar-refractivity contribution is 5.72. The van der Waals surface area contributed by atoms with Crippen molar-refractivity contribution < 1.29 is 9.53 Å². The second-order valence-corrected chi connectivity index (χ2v) is 6.21. The van der Waals surface area contributed by atoms with Crippen LogP contribution in [0.1, 0.15) is 33.1 Å². The van der Waals surface area contributed by atoms with Gasteiger partial charge in [-0.05, 0) is 25.2 Å². The molecule has 4 nitrogen and oxygen atoms in total. The summed E-state index contributed by atoms with van der Waals surface area (Å²) in [6.45, 7) is 7.45. The van der Waals surface area contributed by atoms with E-state index in [0.717, 1.165) is 26.1 Å². The average Bonchev–Trinajstić information content (AvgIpc) is 3.10. The fourth-order valence-electron chi connectivity index (χ4n) is 2.90. The molecule has 0 spiro atoms. The van der Waals surface area contributed by atoms with E-state index >= 15 is 0 Å². The third-order valence-corrected chi connectivity index (χ3v) is 3.73. The molecule has 0 amide bonds. The van der Waals surface area contributed by atoms with Crippen LogP contribution >= 0.6 is 0 Å². The summed E-state index contributed by atoms with van der Waals surface area (Å²) in [5, 5.41) is 3.66. The molecule has 4 heteroatoms. The lowest BCUT2D eigenvalue weighted by Gasteiger charge is -2.38. The van der Waals surface area contributed by atoms with Crippen molar-refractivity contribution >= 4 is 5.97 Å². The first kappa shape index (κ1) is 13.8. The SMILES string of the molecule is COC(=O)C1CC(NC2CC2)CN(CC(C)C)C1. The van der Waals surface area contributed by atoms with E-state index in [1.54, 1.807) is 0 Å². The van der Waals surface area contributed by atoms with Crippen molar-refractivity contribution in [3.05, 3.63) is 0 Å². The van der Waals surface area contributed by atoms with Gasteiger partial charge < -0.3 is 15.0 Å². The van der Waals surface area contributed by atoms with E-state index in [4.69, 9.17) is 4.74 Å². The van der Waals surface area contributed by atoms with Gasteiger partial charge in [-0.2, -0.15) is 0 Å². The predicted molar refractivity (Wildman–Crippen MR) is 71.3 cm³/mol. The molecule has 1 aliphatic carbocycles. The Kier molecular flexibility index (Phi) is 4.62. The van der Waals surface area contributed by atoms with Crippen LogP contribution in [0.15, 0.2) is 0 Å². The summed E-state index contributed by atoms with van der Waals surface area (Å²) in [7, 11) is 1.49. The molecule has 1 heterocycles. The van der Waals surface area contributed by atoms with Crippen LogP contribution < -0.4 is 5.32 Å². The number of hydrogen-bond acceptors (Lipinski definition) is 4. The van der Waals surface area contributed by atoms with Gasteiger partial charge in [0.25, 0.3) is 0 Å². The number of nitrogens with one attached hydrogen (secondary N) is 1. The summed E-state index contributed by atoms with van der Waals surface area (Å²) in [5.74, 6) is 0.632. The maximum Gasteiger partial charge on any atom is 0.310 e. The van der Waals surface area contributed by atoms with Crippen molar-refractivity contribution in [2.75, 3.05) is 26.7 Å². The van der Waals surface area contributed by atoms with Crippen molar-refractivity contribution in [3.8, 4) is 0 Å². The molecular formula is C14H26N2O2. The highest BCUT2D eigenvalue weighted by Crippen LogP contribution is 2.24. The zero-order valence-electron chi connectivity index (χ0n) is 11.8. The topological polar surface area (TPSA) is 41.6 Å². The summed E-state index contributed by atoms with van der Waals surface area (Å²) in [6, 6.07) is 1.15. The molecule has 18 heavy (non-hydrogen) atoms. The van der Waals surface area contributed by atoms with Crippen LogP contribution in [-0.2, 0) is 9.53 Å². The number of piperidine rings is 1. The average molecular weight is 254 g/mol. The van der Waals surface area contributed by atoms with E-state index < -0.39 is 0 Å². The summed E-state index contributed by atoms with van der Waals surface area (Å²) in [6.07, 6.45) is 3.52. The lowest BCUT2D eigenvalue weighted by atomic mass is 9.93. The molecule has 104 valence electrons. The van der Waals surface area contributed by atoms with E-state index in [-0.39, 0.29) is 11.9 Å². The Morgan fingerprint density at radius 1 is 1.33 bits per heavy atom. The predicted octanol–water partition coefficient (Wildman–Crippen LogP) is 1.26. The molecule has 0 bridgehead atoms. The van der Waals surface area contributed by atoms with Crippen molar-refractivity contribution in [2.24, 2.45) is 11.8 Å². The molecular weight excluding hydrogens is 228 g/mol. The van der Waals surface area contributed by atoms with E-state index in [9.17, 15) is 4.79 Å². The minimum Gasteiger partial charge on any atom is -0.469 e. The van der Waals surface area contributed by atoms with Gasteiger partial charge in [-0.15, -0.1) is 0 Å². The van der Waals surface area contributed by atoms with Gasteiger partial charge >= 0.3 is 5.97 Å². The van der Waals surface area contributed by atoms with Crippen LogP contribution in [0.4, 0.5) is 0 Å². The van der Waals surface area contributed by atoms with Crippen LogP contribution in [0.2, 0.25) is 0 Å². The standard InChI is InChI=1S/C14H26N2O2/c1-10(2)7-16-8-11(14(17)18-3)6-13(9-16)15-12-4-5-12/h10-13,15H,4-9H2,1-3H3. The van der Waals surface area contributed by atoms with Crippen molar-refractivity contribution in [1.82, 2.24) is 10.2 Å². The first-order chi connectivity index (χ1) is 8.58. The first-order valence-electron chi connectivity index (χ1n) is 7.14. The van der Waals surface area contributed by atoms with Gasteiger partial charge in [0, 0.05) is 31.7 Å². The highest BCUT2D eigenvalue weighted by atomic mass is 16.5. The largest absolute Gasteiger partial charge is 0.469 e. The zero-order valence-corrected chi connectivity index (χ0v) is 11.8. The second kappa shape index (κ2) is 6.02. The third-order valence-electron chi connectivity index (χ3n) is 3.73. The van der Waals surface area contributed by atoms with Crippen LogP contribution in [-0.4, -0.2) is 49.7 Å². The molecule has 2 aliphatic rings. The smallest absolute Gasteiger partial charge is 0.310 e. The van der Waals surface area contributed by atoms with E-state index in [1.165, 1.54) is 20.0 Å². The fraction of sp³-hybridized carbons (Fsp3) is 0.929. The summed E-state index contributed by atoms with van der Waals surface area (Å²) < 4.78 is 4.92. The van der Waals surface area contributed by atoms with Crippen LogP contribution in [0.5, 0.6) is 0 Å². The lowest BCUT2D eigenvalue weighted by molar-refractivity contribution is -0.147. The molecule has 2 fully saturated rings. The Balaban J connectivity index is 1.92. The zero-order chi connectivity index (χ0) is 13.1. The number of esters is 1. The molecule has 0 radical (unpaired) electrons. The van der Waals surface area contributed by atoms with Crippen molar-refractivity contribution in [2.45, 2.75) is 45.2 Å². The molecule has 0 aromatic rings. The molecule has 2 unspecified atom stereocenters. The Morgan fingerprint density at radius 3 is 2.61 bits per heavy atom. The lowest BCUT2D eigenvalue weighted by Crippen LogP contribution is -2.52. The van der Waals surface area contributed by atoms with Gasteiger partial charge in [-0.25, -0.2) is 0 Å². The Morgan fingerprint density at radius 2 is 2.06 bits per heavy atom. The maximum absolute atomic E-state index is 11.8. The molecule has 1 saturated heterocycles. The van der Waals surface area contributed by atoms with Crippen LogP contribution in [0.3, 0.4) is 0 Å². The molecule has 2 rings (SSSR count). The van der Waals surface area contributed by atoms with Gasteiger partial charge in [-0.3, -0.25) is 4.79 Å². The van der Waals surface area contributed by atoms with E-state index in [0.29, 0.717) is 18.0 Å². The number of nitrogens with zero attached hydrogens (tertiary/aromatic N) is 1. The number of likely N-dealkylation sites (tertiary alicyclic amines) is 1. The monoisotopic (exact) mass is 254 g/mol. The van der Waals surface area contributed by atoms with Gasteiger partial charge in [0.1, 0.15) is 0 Å². The first-order valence-corrected chi connectivity index (χ1v) is 7.14. The summed E-state index contributed by atoms with van der Waals surface area (Å²) in [5.41, 5.74) is 0. The van der Waals surface area contributed by atoms with E-state index in [1.807, 2.05) is 0 Å². The van der Waals surface area contributed by atoms with E-state index in [2.05, 4.69) is 24.1 Å². The number of carbonyl (C=O) groups excluding carboxylic acids is 1. The van der Waals surface area contributed by atoms with Crippen molar-refractivity contribution in [3.63, 3.8) is 0 Å². The number of hydrogen-bond donors (Lipinski definition) is 1. The highest BCUT2D eigenvalue weighted by Gasteiger charge is 2.34. The quantitative estimate of drug-likeness (QED) is 0.750. The Labute approximate surface area is 110 Å². The molecule has 1 N–H and O–H groups in total. The number of ether oxygens (including phenoxy) is 1. The summed E-state index contributed by atoms with van der Waals surface area (Å²) >= 11 is 0. The van der Waals surface area contributed by atoms with Gasteiger partial charge in [-0.1, -0.05) is 13.8 Å². The van der Waals surface area contributed by atoms with Gasteiger partial charge in [0.15, 0.2) is 0 Å². The number of rotatable bonds is 5. The molecule has 1 saturated carbocycles. The fourth-order valence-corrected chi connectivity index (χ4v) is 2.90. The van der Waals surface area contributed by atoms with Crippen molar-refractivity contribution in [1.29, 1.82) is 0 Å². The second-order valence-electron chi connectivity index (χ2n) is 6.21. The number of carbonyl (C=O) groups is 1. The number of methoxy groups -OCH3 is 1. The molecule has 2 atom stereocenters. The molecule has 1 aliphatic heterocycles. The maximum atomic E-state index is 11.8.